The lowest BCUT2D eigenvalue weighted by Gasteiger charge is -2.35. The van der Waals surface area contributed by atoms with Crippen molar-refractivity contribution in [1.82, 2.24) is 14.9 Å². The Kier molecular flexibility index (Phi) is 4.65. The van der Waals surface area contributed by atoms with Gasteiger partial charge in [0, 0.05) is 37.8 Å². The van der Waals surface area contributed by atoms with Crippen LogP contribution in [-0.2, 0) is 10.0 Å². The van der Waals surface area contributed by atoms with Crippen LogP contribution in [0, 0.1) is 0 Å². The van der Waals surface area contributed by atoms with Gasteiger partial charge in [0.2, 0.25) is 10.0 Å². The van der Waals surface area contributed by atoms with Crippen LogP contribution in [0.25, 0.3) is 0 Å². The maximum atomic E-state index is 12.6. The Balaban J connectivity index is 2.25. The minimum Gasteiger partial charge on any atom is -0.355 e. The van der Waals surface area contributed by atoms with E-state index in [1.54, 1.807) is 0 Å². The van der Waals surface area contributed by atoms with E-state index in [1.807, 2.05) is 13.8 Å². The highest BCUT2D eigenvalue weighted by atomic mass is 32.2. The van der Waals surface area contributed by atoms with E-state index in [-0.39, 0.29) is 22.9 Å². The van der Waals surface area contributed by atoms with E-state index in [9.17, 15) is 13.2 Å². The van der Waals surface area contributed by atoms with Crippen LogP contribution in [0.1, 0.15) is 24.2 Å². The molecule has 7 heteroatoms. The molecule has 116 valence electrons. The number of hydrogen-bond acceptors (Lipinski definition) is 4. The SMILES string of the molecule is CNC(=O)c1ccc(S(=O)(=O)N2CC(C)NC(C)C2)cc1. The largest absolute Gasteiger partial charge is 0.355 e. The van der Waals surface area contributed by atoms with Crippen molar-refractivity contribution in [1.29, 1.82) is 0 Å². The number of rotatable bonds is 3. The van der Waals surface area contributed by atoms with Crippen molar-refractivity contribution in [3.63, 3.8) is 0 Å². The van der Waals surface area contributed by atoms with Crippen LogP contribution in [0.3, 0.4) is 0 Å². The Morgan fingerprint density at radius 1 is 1.19 bits per heavy atom. The maximum Gasteiger partial charge on any atom is 0.251 e. The predicted molar refractivity (Wildman–Crippen MR) is 80.7 cm³/mol. The summed E-state index contributed by atoms with van der Waals surface area (Å²) in [6.45, 7) is 4.83. The average molecular weight is 311 g/mol. The van der Waals surface area contributed by atoms with Crippen LogP contribution in [0.4, 0.5) is 0 Å². The lowest BCUT2D eigenvalue weighted by Crippen LogP contribution is -2.55. The summed E-state index contributed by atoms with van der Waals surface area (Å²) in [6.07, 6.45) is 0. The van der Waals surface area contributed by atoms with Crippen molar-refractivity contribution in [2.24, 2.45) is 0 Å². The molecule has 1 aromatic rings. The molecule has 0 aliphatic carbocycles. The van der Waals surface area contributed by atoms with Gasteiger partial charge in [0.15, 0.2) is 0 Å². The Hall–Kier alpha value is -1.44. The first kappa shape index (κ1) is 15.9. The standard InChI is InChI=1S/C14H21N3O3S/c1-10-8-17(9-11(2)16-10)21(19,20)13-6-4-12(5-7-13)14(18)15-3/h4-7,10-11,16H,8-9H2,1-3H3,(H,15,18). The first-order valence-corrected chi connectivity index (χ1v) is 8.37. The summed E-state index contributed by atoms with van der Waals surface area (Å²) in [5.41, 5.74) is 0.443. The van der Waals surface area contributed by atoms with Crippen LogP contribution in [0.15, 0.2) is 29.2 Å². The molecule has 1 aliphatic heterocycles. The first-order valence-electron chi connectivity index (χ1n) is 6.93. The summed E-state index contributed by atoms with van der Waals surface area (Å²) >= 11 is 0. The molecular formula is C14H21N3O3S. The van der Waals surface area contributed by atoms with Gasteiger partial charge in [-0.15, -0.1) is 0 Å². The molecule has 1 aromatic carbocycles. The van der Waals surface area contributed by atoms with Gasteiger partial charge in [-0.3, -0.25) is 4.79 Å². The molecule has 0 radical (unpaired) electrons. The van der Waals surface area contributed by atoms with E-state index in [0.29, 0.717) is 18.7 Å². The molecule has 1 fully saturated rings. The molecule has 21 heavy (non-hydrogen) atoms. The average Bonchev–Trinajstić information content (AvgIpc) is 2.45. The van der Waals surface area contributed by atoms with Gasteiger partial charge in [0.1, 0.15) is 0 Å². The predicted octanol–water partition coefficient (Wildman–Crippen LogP) is 0.417. The minimum atomic E-state index is -3.52. The Morgan fingerprint density at radius 2 is 1.71 bits per heavy atom. The highest BCUT2D eigenvalue weighted by Crippen LogP contribution is 2.19. The molecule has 6 nitrogen and oxygen atoms in total. The van der Waals surface area contributed by atoms with Gasteiger partial charge in [-0.1, -0.05) is 0 Å². The number of nitrogens with one attached hydrogen (secondary N) is 2. The maximum absolute atomic E-state index is 12.6. The van der Waals surface area contributed by atoms with Crippen molar-refractivity contribution in [3.8, 4) is 0 Å². The molecule has 0 bridgehead atoms. The number of carbonyl (C=O) groups is 1. The van der Waals surface area contributed by atoms with E-state index in [0.717, 1.165) is 0 Å². The van der Waals surface area contributed by atoms with Crippen LogP contribution in [0.5, 0.6) is 0 Å². The fraction of sp³-hybridized carbons (Fsp3) is 0.500. The van der Waals surface area contributed by atoms with Gasteiger partial charge in [0.05, 0.1) is 4.90 Å². The fourth-order valence-corrected chi connectivity index (χ4v) is 4.16. The van der Waals surface area contributed by atoms with Crippen molar-refractivity contribution >= 4 is 15.9 Å². The number of sulfonamides is 1. The lowest BCUT2D eigenvalue weighted by molar-refractivity contribution is 0.0963. The molecular weight excluding hydrogens is 290 g/mol. The van der Waals surface area contributed by atoms with E-state index in [1.165, 1.54) is 35.6 Å². The molecule has 2 rings (SSSR count). The van der Waals surface area contributed by atoms with Gasteiger partial charge < -0.3 is 10.6 Å². The Morgan fingerprint density at radius 3 is 2.19 bits per heavy atom. The van der Waals surface area contributed by atoms with Gasteiger partial charge in [0.25, 0.3) is 5.91 Å². The van der Waals surface area contributed by atoms with Gasteiger partial charge >= 0.3 is 0 Å². The van der Waals surface area contributed by atoms with Crippen LogP contribution in [0.2, 0.25) is 0 Å². The zero-order valence-corrected chi connectivity index (χ0v) is 13.3. The molecule has 2 unspecified atom stereocenters. The first-order chi connectivity index (χ1) is 9.84. The molecule has 0 spiro atoms. The van der Waals surface area contributed by atoms with E-state index < -0.39 is 10.0 Å². The van der Waals surface area contributed by atoms with Crippen LogP contribution in [-0.4, -0.2) is 50.9 Å². The number of nitrogens with zero attached hydrogens (tertiary/aromatic N) is 1. The van der Waals surface area contributed by atoms with E-state index in [4.69, 9.17) is 0 Å². The number of hydrogen-bond donors (Lipinski definition) is 2. The quantitative estimate of drug-likeness (QED) is 0.848. The second-order valence-electron chi connectivity index (χ2n) is 5.39. The summed E-state index contributed by atoms with van der Waals surface area (Å²) in [6, 6.07) is 6.26. The van der Waals surface area contributed by atoms with Gasteiger partial charge in [-0.2, -0.15) is 4.31 Å². The fourth-order valence-electron chi connectivity index (χ4n) is 2.54. The van der Waals surface area contributed by atoms with E-state index >= 15 is 0 Å². The highest BCUT2D eigenvalue weighted by Gasteiger charge is 2.31. The molecule has 1 amide bonds. The third-order valence-electron chi connectivity index (χ3n) is 3.51. The summed E-state index contributed by atoms with van der Waals surface area (Å²) < 4.78 is 26.7. The zero-order chi connectivity index (χ0) is 15.6. The van der Waals surface area contributed by atoms with Gasteiger partial charge in [-0.05, 0) is 38.1 Å². The Labute approximate surface area is 125 Å². The lowest BCUT2D eigenvalue weighted by atomic mass is 10.2. The second-order valence-corrected chi connectivity index (χ2v) is 7.33. The van der Waals surface area contributed by atoms with Crippen molar-refractivity contribution in [2.45, 2.75) is 30.8 Å². The van der Waals surface area contributed by atoms with Crippen molar-refractivity contribution in [2.75, 3.05) is 20.1 Å². The molecule has 1 saturated heterocycles. The normalized spacial score (nSPS) is 23.8. The zero-order valence-electron chi connectivity index (χ0n) is 12.5. The van der Waals surface area contributed by atoms with Gasteiger partial charge in [-0.25, -0.2) is 8.42 Å². The van der Waals surface area contributed by atoms with E-state index in [2.05, 4.69) is 10.6 Å². The molecule has 2 N–H and O–H groups in total. The molecule has 1 heterocycles. The number of carbonyl (C=O) groups excluding carboxylic acids is 1. The molecule has 0 saturated carbocycles. The van der Waals surface area contributed by atoms with Crippen molar-refractivity contribution < 1.29 is 13.2 Å². The minimum absolute atomic E-state index is 0.119. The monoisotopic (exact) mass is 311 g/mol. The summed E-state index contributed by atoms with van der Waals surface area (Å²) in [4.78, 5) is 11.7. The topological polar surface area (TPSA) is 78.5 Å². The molecule has 2 atom stereocenters. The highest BCUT2D eigenvalue weighted by molar-refractivity contribution is 7.89. The smallest absolute Gasteiger partial charge is 0.251 e. The molecule has 1 aliphatic rings. The van der Waals surface area contributed by atoms with Crippen LogP contribution < -0.4 is 10.6 Å². The summed E-state index contributed by atoms with van der Waals surface area (Å²) in [5, 5.41) is 5.81. The third-order valence-corrected chi connectivity index (χ3v) is 5.35. The number of amides is 1. The third kappa shape index (κ3) is 3.42. The number of piperazine rings is 1. The Bertz CT molecular complexity index is 603. The number of benzene rings is 1. The summed E-state index contributed by atoms with van der Waals surface area (Å²) in [7, 11) is -1.98. The van der Waals surface area contributed by atoms with Crippen LogP contribution >= 0.6 is 0 Å². The van der Waals surface area contributed by atoms with Crippen molar-refractivity contribution in [3.05, 3.63) is 29.8 Å². The molecule has 0 aromatic heterocycles. The summed E-state index contributed by atoms with van der Waals surface area (Å²) in [5.74, 6) is -0.233. The second kappa shape index (κ2) is 6.13.